The Balaban J connectivity index is 1.95. The predicted molar refractivity (Wildman–Crippen MR) is 62.6 cm³/mol. The van der Waals surface area contributed by atoms with Gasteiger partial charge >= 0.3 is 0 Å². The largest absolute Gasteiger partial charge is 0.354 e. The van der Waals surface area contributed by atoms with Crippen molar-refractivity contribution in [3.8, 4) is 6.07 Å². The number of aromatic nitrogens is 1. The van der Waals surface area contributed by atoms with Gasteiger partial charge in [0.25, 0.3) is 0 Å². The minimum absolute atomic E-state index is 0.571. The van der Waals surface area contributed by atoms with E-state index in [9.17, 15) is 0 Å². The average molecular weight is 234 g/mol. The molecule has 1 spiro atoms. The lowest BCUT2D eigenvalue weighted by Crippen LogP contribution is -2.49. The molecule has 3 nitrogen and oxygen atoms in total. The predicted octanol–water partition coefficient (Wildman–Crippen LogP) is 2.52. The molecule has 0 bridgehead atoms. The summed E-state index contributed by atoms with van der Waals surface area (Å²) in [5.74, 6) is 0.807. The molecule has 16 heavy (non-hydrogen) atoms. The maximum atomic E-state index is 9.16. The third-order valence-electron chi connectivity index (χ3n) is 3.68. The molecule has 0 radical (unpaired) electrons. The van der Waals surface area contributed by atoms with E-state index in [0.717, 1.165) is 24.5 Å². The highest BCUT2D eigenvalue weighted by atomic mass is 35.5. The van der Waals surface area contributed by atoms with Crippen LogP contribution < -0.4 is 4.90 Å². The van der Waals surface area contributed by atoms with Crippen LogP contribution in [0.5, 0.6) is 0 Å². The highest BCUT2D eigenvalue weighted by Crippen LogP contribution is 2.54. The quantitative estimate of drug-likeness (QED) is 0.748. The fourth-order valence-corrected chi connectivity index (χ4v) is 2.49. The van der Waals surface area contributed by atoms with Crippen molar-refractivity contribution >= 4 is 17.4 Å². The van der Waals surface area contributed by atoms with E-state index in [4.69, 9.17) is 16.9 Å². The minimum atomic E-state index is 0.571. The summed E-state index contributed by atoms with van der Waals surface area (Å²) in [6.07, 6.45) is 4.31. The second-order valence-electron chi connectivity index (χ2n) is 4.90. The standard InChI is InChI=1S/C12H12ClN3/c1-8-9(4-14)11(15-5-10(8)13)16-6-12(7-16)2-3-12/h5H,2-3,6-7H2,1H3. The van der Waals surface area contributed by atoms with Crippen molar-refractivity contribution in [3.63, 3.8) is 0 Å². The molecule has 1 saturated heterocycles. The number of anilines is 1. The number of rotatable bonds is 1. The SMILES string of the molecule is Cc1c(Cl)cnc(N2CC3(CC3)C2)c1C#N. The molecule has 0 N–H and O–H groups in total. The van der Waals surface area contributed by atoms with Gasteiger partial charge in [0.15, 0.2) is 0 Å². The highest BCUT2D eigenvalue weighted by Gasteiger charge is 2.53. The topological polar surface area (TPSA) is 39.9 Å². The zero-order valence-corrected chi connectivity index (χ0v) is 9.88. The van der Waals surface area contributed by atoms with Crippen LogP contribution in [0, 0.1) is 23.7 Å². The summed E-state index contributed by atoms with van der Waals surface area (Å²) in [4.78, 5) is 6.49. The van der Waals surface area contributed by atoms with Crippen molar-refractivity contribution in [1.29, 1.82) is 5.26 Å². The van der Waals surface area contributed by atoms with Crippen molar-refractivity contribution in [2.45, 2.75) is 19.8 Å². The second-order valence-corrected chi connectivity index (χ2v) is 5.30. The summed E-state index contributed by atoms with van der Waals surface area (Å²) in [6.45, 7) is 3.98. The van der Waals surface area contributed by atoms with Gasteiger partial charge in [-0.1, -0.05) is 11.6 Å². The fourth-order valence-electron chi connectivity index (χ4n) is 2.35. The molecule has 0 atom stereocenters. The molecule has 1 aromatic heterocycles. The van der Waals surface area contributed by atoms with E-state index in [0.29, 0.717) is 16.0 Å². The Labute approximate surface area is 99.6 Å². The Bertz CT molecular complexity index is 492. The van der Waals surface area contributed by atoms with Gasteiger partial charge in [0.1, 0.15) is 11.9 Å². The lowest BCUT2D eigenvalue weighted by atomic mass is 9.96. The normalized spacial score (nSPS) is 20.4. The smallest absolute Gasteiger partial charge is 0.146 e. The number of halogens is 1. The van der Waals surface area contributed by atoms with E-state index in [1.54, 1.807) is 6.20 Å². The van der Waals surface area contributed by atoms with Gasteiger partial charge in [0.2, 0.25) is 0 Å². The minimum Gasteiger partial charge on any atom is -0.354 e. The van der Waals surface area contributed by atoms with Crippen molar-refractivity contribution in [2.24, 2.45) is 5.41 Å². The van der Waals surface area contributed by atoms with Crippen molar-refractivity contribution in [1.82, 2.24) is 4.98 Å². The van der Waals surface area contributed by atoms with Gasteiger partial charge in [-0.15, -0.1) is 0 Å². The molecule has 1 aliphatic carbocycles. The third kappa shape index (κ3) is 1.30. The first-order valence-corrected chi connectivity index (χ1v) is 5.83. The Morgan fingerprint density at radius 1 is 1.50 bits per heavy atom. The van der Waals surface area contributed by atoms with Crippen LogP contribution in [0.25, 0.3) is 0 Å². The maximum absolute atomic E-state index is 9.16. The highest BCUT2D eigenvalue weighted by molar-refractivity contribution is 6.31. The van der Waals surface area contributed by atoms with Crippen LogP contribution in [0.4, 0.5) is 5.82 Å². The van der Waals surface area contributed by atoms with E-state index >= 15 is 0 Å². The monoisotopic (exact) mass is 233 g/mol. The van der Waals surface area contributed by atoms with Crippen LogP contribution in [0.1, 0.15) is 24.0 Å². The zero-order valence-electron chi connectivity index (χ0n) is 9.13. The van der Waals surface area contributed by atoms with Crippen molar-refractivity contribution < 1.29 is 0 Å². The molecule has 1 aliphatic heterocycles. The van der Waals surface area contributed by atoms with Crippen LogP contribution in [-0.2, 0) is 0 Å². The summed E-state index contributed by atoms with van der Waals surface area (Å²) in [7, 11) is 0. The zero-order chi connectivity index (χ0) is 11.3. The molecule has 3 rings (SSSR count). The Morgan fingerprint density at radius 3 is 2.75 bits per heavy atom. The number of pyridine rings is 1. The number of nitrogens with zero attached hydrogens (tertiary/aromatic N) is 3. The Hall–Kier alpha value is -1.27. The molecule has 0 aromatic carbocycles. The molecule has 1 saturated carbocycles. The van der Waals surface area contributed by atoms with E-state index in [1.807, 2.05) is 6.92 Å². The molecule has 0 unspecified atom stereocenters. The maximum Gasteiger partial charge on any atom is 0.146 e. The number of nitriles is 1. The van der Waals surface area contributed by atoms with E-state index in [-0.39, 0.29) is 0 Å². The summed E-state index contributed by atoms with van der Waals surface area (Å²) >= 11 is 5.97. The lowest BCUT2D eigenvalue weighted by molar-refractivity contribution is 0.384. The fraction of sp³-hybridized carbons (Fsp3) is 0.500. The number of hydrogen-bond acceptors (Lipinski definition) is 3. The third-order valence-corrected chi connectivity index (χ3v) is 4.06. The molecule has 2 fully saturated rings. The van der Waals surface area contributed by atoms with Crippen LogP contribution >= 0.6 is 11.6 Å². The Morgan fingerprint density at radius 2 is 2.19 bits per heavy atom. The van der Waals surface area contributed by atoms with Gasteiger partial charge in [-0.3, -0.25) is 0 Å². The van der Waals surface area contributed by atoms with Crippen molar-refractivity contribution in [2.75, 3.05) is 18.0 Å². The first kappa shape index (κ1) is 9.92. The van der Waals surface area contributed by atoms with Gasteiger partial charge < -0.3 is 4.90 Å². The molecular weight excluding hydrogens is 222 g/mol. The second kappa shape index (κ2) is 3.11. The van der Waals surface area contributed by atoms with Gasteiger partial charge in [-0.2, -0.15) is 5.26 Å². The molecule has 82 valence electrons. The van der Waals surface area contributed by atoms with Gasteiger partial charge in [0, 0.05) is 24.7 Å². The van der Waals surface area contributed by atoms with Crippen molar-refractivity contribution in [3.05, 3.63) is 22.3 Å². The van der Waals surface area contributed by atoms with E-state index in [1.165, 1.54) is 12.8 Å². The van der Waals surface area contributed by atoms with Gasteiger partial charge in [-0.25, -0.2) is 4.98 Å². The molecule has 0 amide bonds. The first-order chi connectivity index (χ1) is 7.65. The molecule has 1 aromatic rings. The van der Waals surface area contributed by atoms with Crippen LogP contribution in [0.2, 0.25) is 5.02 Å². The molecular formula is C12H12ClN3. The average Bonchev–Trinajstić information content (AvgIpc) is 3.00. The van der Waals surface area contributed by atoms with Crippen LogP contribution in [0.15, 0.2) is 6.20 Å². The van der Waals surface area contributed by atoms with Crippen LogP contribution in [0.3, 0.4) is 0 Å². The summed E-state index contributed by atoms with van der Waals surface area (Å²) < 4.78 is 0. The summed E-state index contributed by atoms with van der Waals surface area (Å²) in [6, 6.07) is 2.21. The summed E-state index contributed by atoms with van der Waals surface area (Å²) in [5, 5.41) is 9.73. The molecule has 2 aliphatic rings. The van der Waals surface area contributed by atoms with Crippen LogP contribution in [-0.4, -0.2) is 18.1 Å². The summed E-state index contributed by atoms with van der Waals surface area (Å²) in [5.41, 5.74) is 2.04. The van der Waals surface area contributed by atoms with E-state index < -0.39 is 0 Å². The van der Waals surface area contributed by atoms with Gasteiger partial charge in [-0.05, 0) is 25.3 Å². The molecule has 4 heteroatoms. The Kier molecular flexibility index (Phi) is 1.93. The molecule has 2 heterocycles. The lowest BCUT2D eigenvalue weighted by Gasteiger charge is -2.41. The van der Waals surface area contributed by atoms with E-state index in [2.05, 4.69) is 16.0 Å². The number of hydrogen-bond donors (Lipinski definition) is 0. The first-order valence-electron chi connectivity index (χ1n) is 5.45. The van der Waals surface area contributed by atoms with Gasteiger partial charge in [0.05, 0.1) is 10.6 Å².